The molecule has 0 saturated carbocycles. The van der Waals surface area contributed by atoms with Crippen LogP contribution in [0.25, 0.3) is 5.69 Å². The Bertz CT molecular complexity index is 984. The lowest BCUT2D eigenvalue weighted by atomic mass is 10.2. The molecule has 0 amide bonds. The van der Waals surface area contributed by atoms with Gasteiger partial charge in [0.25, 0.3) is 0 Å². The molecule has 1 atom stereocenters. The zero-order valence-electron chi connectivity index (χ0n) is 15.9. The van der Waals surface area contributed by atoms with Gasteiger partial charge in [-0.15, -0.1) is 18.3 Å². The van der Waals surface area contributed by atoms with Gasteiger partial charge in [0.2, 0.25) is 0 Å². The lowest BCUT2D eigenvalue weighted by Gasteiger charge is -2.09. The molecule has 30 heavy (non-hydrogen) atoms. The average molecular weight is 421 g/mol. The maximum absolute atomic E-state index is 12.2. The summed E-state index contributed by atoms with van der Waals surface area (Å²) in [6.45, 7) is 3.31. The fourth-order valence-corrected chi connectivity index (χ4v) is 2.52. The summed E-state index contributed by atoms with van der Waals surface area (Å²) in [6, 6.07) is 12.5. The Morgan fingerprint density at radius 2 is 1.60 bits per heavy atom. The molecule has 0 N–H and O–H groups in total. The fraction of sp³-hybridized carbons (Fsp3) is 0.300. The molecule has 0 aliphatic carbocycles. The van der Waals surface area contributed by atoms with E-state index in [0.29, 0.717) is 24.7 Å². The first kappa shape index (κ1) is 20.0. The zero-order valence-corrected chi connectivity index (χ0v) is 15.9. The van der Waals surface area contributed by atoms with Crippen molar-refractivity contribution in [1.82, 2.24) is 15.0 Å². The molecule has 7 nitrogen and oxygen atoms in total. The van der Waals surface area contributed by atoms with Gasteiger partial charge >= 0.3 is 6.36 Å². The summed E-state index contributed by atoms with van der Waals surface area (Å²) in [5, 5.41) is 8.10. The van der Waals surface area contributed by atoms with Gasteiger partial charge in [-0.2, -0.15) is 0 Å². The predicted octanol–water partition coefficient (Wildman–Crippen LogP) is 3.91. The standard InChI is InChI=1S/C20H18F3N3O4/c1-19(13-29-19)12-28-17-4-2-15(3-5-17)26-10-14(24-25-26)11-27-16-6-8-18(9-7-16)30-20(21,22)23/h2-10H,11-13H2,1H3. The van der Waals surface area contributed by atoms with Gasteiger partial charge in [-0.1, -0.05) is 5.21 Å². The van der Waals surface area contributed by atoms with Crippen LogP contribution in [0.5, 0.6) is 17.2 Å². The molecule has 1 fully saturated rings. The monoisotopic (exact) mass is 421 g/mol. The Kier molecular flexibility index (Phi) is 5.25. The molecule has 1 aliphatic heterocycles. The van der Waals surface area contributed by atoms with Gasteiger partial charge in [0.05, 0.1) is 18.5 Å². The Balaban J connectivity index is 1.30. The molecular weight excluding hydrogens is 403 g/mol. The van der Waals surface area contributed by atoms with E-state index in [1.165, 1.54) is 24.3 Å². The maximum Gasteiger partial charge on any atom is 0.573 e. The highest BCUT2D eigenvalue weighted by atomic mass is 19.4. The summed E-state index contributed by atoms with van der Waals surface area (Å²) in [6.07, 6.45) is -3.02. The first-order chi connectivity index (χ1) is 14.3. The molecule has 1 aliphatic rings. The third-order valence-electron chi connectivity index (χ3n) is 4.27. The van der Waals surface area contributed by atoms with E-state index in [0.717, 1.165) is 11.4 Å². The van der Waals surface area contributed by atoms with Crippen LogP contribution in [-0.2, 0) is 11.3 Å². The highest BCUT2D eigenvalue weighted by Gasteiger charge is 2.40. The van der Waals surface area contributed by atoms with Crippen LogP contribution in [0.4, 0.5) is 13.2 Å². The highest BCUT2D eigenvalue weighted by Crippen LogP contribution is 2.27. The molecule has 10 heteroatoms. The number of hydrogen-bond acceptors (Lipinski definition) is 6. The smallest absolute Gasteiger partial charge is 0.491 e. The van der Waals surface area contributed by atoms with Gasteiger partial charge in [0.15, 0.2) is 0 Å². The lowest BCUT2D eigenvalue weighted by Crippen LogP contribution is -2.16. The van der Waals surface area contributed by atoms with Gasteiger partial charge in [-0.3, -0.25) is 0 Å². The van der Waals surface area contributed by atoms with Crippen molar-refractivity contribution in [3.8, 4) is 22.9 Å². The minimum absolute atomic E-state index is 0.110. The van der Waals surface area contributed by atoms with E-state index in [1.807, 2.05) is 31.2 Å². The number of hydrogen-bond donors (Lipinski definition) is 0. The second kappa shape index (κ2) is 7.86. The predicted molar refractivity (Wildman–Crippen MR) is 98.7 cm³/mol. The van der Waals surface area contributed by atoms with Crippen LogP contribution in [-0.4, -0.2) is 40.2 Å². The number of epoxide rings is 1. The number of nitrogens with zero attached hydrogens (tertiary/aromatic N) is 3. The summed E-state index contributed by atoms with van der Waals surface area (Å²) >= 11 is 0. The van der Waals surface area contributed by atoms with Crippen LogP contribution in [0.3, 0.4) is 0 Å². The van der Waals surface area contributed by atoms with Gasteiger partial charge in [-0.05, 0) is 55.5 Å². The average Bonchev–Trinajstić information content (AvgIpc) is 3.26. The molecular formula is C20H18F3N3O4. The number of halogens is 3. The van der Waals surface area contributed by atoms with Crippen LogP contribution in [0.2, 0.25) is 0 Å². The van der Waals surface area contributed by atoms with Crippen molar-refractivity contribution < 1.29 is 32.1 Å². The van der Waals surface area contributed by atoms with Gasteiger partial charge < -0.3 is 18.9 Å². The van der Waals surface area contributed by atoms with Crippen molar-refractivity contribution in [3.05, 3.63) is 60.4 Å². The molecule has 1 aromatic heterocycles. The number of rotatable bonds is 8. The molecule has 4 rings (SSSR count). The van der Waals surface area contributed by atoms with E-state index in [2.05, 4.69) is 15.0 Å². The van der Waals surface area contributed by atoms with E-state index >= 15 is 0 Å². The van der Waals surface area contributed by atoms with Crippen molar-refractivity contribution in [2.45, 2.75) is 25.5 Å². The second-order valence-corrected chi connectivity index (χ2v) is 6.98. The maximum atomic E-state index is 12.2. The van der Waals surface area contributed by atoms with Crippen molar-refractivity contribution in [3.63, 3.8) is 0 Å². The van der Waals surface area contributed by atoms with Crippen molar-refractivity contribution in [1.29, 1.82) is 0 Å². The SMILES string of the molecule is CC1(COc2ccc(-n3cc(COc4ccc(OC(F)(F)F)cc4)nn3)cc2)CO1. The van der Waals surface area contributed by atoms with Crippen LogP contribution in [0.15, 0.2) is 54.7 Å². The number of alkyl halides is 3. The van der Waals surface area contributed by atoms with Crippen LogP contribution < -0.4 is 14.2 Å². The Labute approximate surface area is 169 Å². The number of benzene rings is 2. The van der Waals surface area contributed by atoms with Crippen LogP contribution in [0, 0.1) is 0 Å². The first-order valence-corrected chi connectivity index (χ1v) is 9.05. The Morgan fingerprint density at radius 1 is 1.00 bits per heavy atom. The zero-order chi connectivity index (χ0) is 21.2. The minimum Gasteiger partial charge on any atom is -0.491 e. The van der Waals surface area contributed by atoms with E-state index in [-0.39, 0.29) is 18.0 Å². The van der Waals surface area contributed by atoms with E-state index in [9.17, 15) is 13.2 Å². The Morgan fingerprint density at radius 3 is 2.23 bits per heavy atom. The topological polar surface area (TPSA) is 70.9 Å². The molecule has 158 valence electrons. The molecule has 0 radical (unpaired) electrons. The molecule has 2 aromatic carbocycles. The van der Waals surface area contributed by atoms with Crippen LogP contribution >= 0.6 is 0 Å². The fourth-order valence-electron chi connectivity index (χ4n) is 2.52. The van der Waals surface area contributed by atoms with E-state index in [4.69, 9.17) is 14.2 Å². The molecule has 0 spiro atoms. The number of ether oxygens (including phenoxy) is 4. The summed E-state index contributed by atoms with van der Waals surface area (Å²) in [5.41, 5.74) is 1.18. The summed E-state index contributed by atoms with van der Waals surface area (Å²) in [4.78, 5) is 0. The summed E-state index contributed by atoms with van der Waals surface area (Å²) < 4.78 is 58.5. The molecule has 0 bridgehead atoms. The lowest BCUT2D eigenvalue weighted by molar-refractivity contribution is -0.274. The quantitative estimate of drug-likeness (QED) is 0.514. The molecule has 1 saturated heterocycles. The highest BCUT2D eigenvalue weighted by molar-refractivity contribution is 5.37. The van der Waals surface area contributed by atoms with Gasteiger partial charge in [-0.25, -0.2) is 4.68 Å². The number of aromatic nitrogens is 3. The van der Waals surface area contributed by atoms with Crippen molar-refractivity contribution in [2.75, 3.05) is 13.2 Å². The normalized spacial score (nSPS) is 18.1. The summed E-state index contributed by atoms with van der Waals surface area (Å²) in [5.74, 6) is 0.804. The third kappa shape index (κ3) is 5.41. The van der Waals surface area contributed by atoms with Gasteiger partial charge in [0.1, 0.15) is 41.8 Å². The van der Waals surface area contributed by atoms with Crippen molar-refractivity contribution >= 4 is 0 Å². The first-order valence-electron chi connectivity index (χ1n) is 9.05. The Hall–Kier alpha value is -3.27. The van der Waals surface area contributed by atoms with Crippen molar-refractivity contribution in [2.24, 2.45) is 0 Å². The van der Waals surface area contributed by atoms with Crippen LogP contribution in [0.1, 0.15) is 12.6 Å². The third-order valence-corrected chi connectivity index (χ3v) is 4.27. The van der Waals surface area contributed by atoms with E-state index in [1.54, 1.807) is 10.9 Å². The van der Waals surface area contributed by atoms with E-state index < -0.39 is 6.36 Å². The molecule has 1 unspecified atom stereocenters. The van der Waals surface area contributed by atoms with Gasteiger partial charge in [0, 0.05) is 0 Å². The molecule has 3 aromatic rings. The molecule has 2 heterocycles. The minimum atomic E-state index is -4.73. The second-order valence-electron chi connectivity index (χ2n) is 6.98. The largest absolute Gasteiger partial charge is 0.573 e. The summed E-state index contributed by atoms with van der Waals surface area (Å²) in [7, 11) is 0.